The number of benzene rings is 1. The second-order valence-corrected chi connectivity index (χ2v) is 9.61. The molecule has 2 aromatic heterocycles. The summed E-state index contributed by atoms with van der Waals surface area (Å²) < 4.78 is 36.1. The Balaban J connectivity index is 1.77. The van der Waals surface area contributed by atoms with Crippen LogP contribution in [0, 0.1) is 6.92 Å². The van der Waals surface area contributed by atoms with Crippen LogP contribution in [-0.4, -0.2) is 61.7 Å². The summed E-state index contributed by atoms with van der Waals surface area (Å²) in [5.41, 5.74) is 3.79. The number of halogens is 1. The summed E-state index contributed by atoms with van der Waals surface area (Å²) in [6.45, 7) is 3.21. The number of hydrogen-bond acceptors (Lipinski definition) is 6. The van der Waals surface area contributed by atoms with Gasteiger partial charge in [-0.25, -0.2) is 23.3 Å². The first kappa shape index (κ1) is 22.5. The number of hydrogen-bond donors (Lipinski definition) is 1. The number of ether oxygens (including phenoxy) is 2. The van der Waals surface area contributed by atoms with Gasteiger partial charge in [0, 0.05) is 24.7 Å². The van der Waals surface area contributed by atoms with Crippen LogP contribution in [-0.2, 0) is 25.9 Å². The molecular weight excluding hydrogens is 456 g/mol. The van der Waals surface area contributed by atoms with Crippen LogP contribution in [0.3, 0.4) is 0 Å². The van der Waals surface area contributed by atoms with Gasteiger partial charge >= 0.3 is 6.09 Å². The Bertz CT molecular complexity index is 1290. The molecule has 0 aliphatic carbocycles. The number of aromatic nitrogens is 2. The lowest BCUT2D eigenvalue weighted by molar-refractivity contribution is -0.0241. The van der Waals surface area contributed by atoms with Crippen LogP contribution < -0.4 is 5.14 Å². The fourth-order valence-corrected chi connectivity index (χ4v) is 4.70. The lowest BCUT2D eigenvalue weighted by atomic mass is 10.1. The maximum atomic E-state index is 12.0. The molecular formula is C21H23ClN4O5S. The number of nitrogens with zero attached hydrogens (tertiary/aromatic N) is 3. The molecule has 170 valence electrons. The van der Waals surface area contributed by atoms with Crippen LogP contribution in [0.15, 0.2) is 41.4 Å². The van der Waals surface area contributed by atoms with E-state index in [1.54, 1.807) is 11.0 Å². The zero-order valence-electron chi connectivity index (χ0n) is 17.6. The molecule has 1 aliphatic heterocycles. The molecule has 1 atom stereocenters. The van der Waals surface area contributed by atoms with Gasteiger partial charge in [0.05, 0.1) is 47.7 Å². The average Bonchev–Trinajstić information content (AvgIpc) is 3.09. The molecule has 0 radical (unpaired) electrons. The lowest BCUT2D eigenvalue weighted by Gasteiger charge is -2.32. The Morgan fingerprint density at radius 1 is 1.34 bits per heavy atom. The standard InChI is InChI=1S/C21H23ClN4O5S/c1-13-5-6-26-18(10-14-12-25(7-8-31-14)21(27)30-2)20(24-19(26)9-13)16-4-3-15(11-17(16)22)32(23,28)29/h3-6,9,11,14H,7-8,10,12H2,1-2H3,(H2,23,28,29)/t14-/m0/s1. The van der Waals surface area contributed by atoms with E-state index >= 15 is 0 Å². The molecule has 0 saturated carbocycles. The van der Waals surface area contributed by atoms with Crippen molar-refractivity contribution in [2.75, 3.05) is 26.8 Å². The van der Waals surface area contributed by atoms with Crippen LogP contribution in [0.1, 0.15) is 11.3 Å². The minimum absolute atomic E-state index is 0.0725. The number of morpholine rings is 1. The summed E-state index contributed by atoms with van der Waals surface area (Å²) in [6, 6.07) is 8.24. The normalized spacial score (nSPS) is 17.0. The molecule has 1 fully saturated rings. The number of amides is 1. The SMILES string of the molecule is COC(=O)N1CCO[C@@H](Cc2c(-c3ccc(S(N)(=O)=O)cc3Cl)nc3cc(C)ccn23)C1. The molecule has 1 aromatic carbocycles. The number of primary sulfonamides is 1. The van der Waals surface area contributed by atoms with Gasteiger partial charge in [-0.15, -0.1) is 0 Å². The van der Waals surface area contributed by atoms with Crippen LogP contribution in [0.5, 0.6) is 0 Å². The summed E-state index contributed by atoms with van der Waals surface area (Å²) >= 11 is 6.46. The first-order valence-electron chi connectivity index (χ1n) is 9.92. The first-order chi connectivity index (χ1) is 15.2. The van der Waals surface area contributed by atoms with Gasteiger partial charge in [-0.1, -0.05) is 11.6 Å². The van der Waals surface area contributed by atoms with Gasteiger partial charge in [0.25, 0.3) is 0 Å². The predicted molar refractivity (Wildman–Crippen MR) is 119 cm³/mol. The fraction of sp³-hybridized carbons (Fsp3) is 0.333. The summed E-state index contributed by atoms with van der Waals surface area (Å²) in [5, 5.41) is 5.45. The van der Waals surface area contributed by atoms with Crippen molar-refractivity contribution in [3.63, 3.8) is 0 Å². The van der Waals surface area contributed by atoms with Crippen LogP contribution in [0.4, 0.5) is 4.79 Å². The highest BCUT2D eigenvalue weighted by Crippen LogP contribution is 2.33. The third kappa shape index (κ3) is 4.44. The van der Waals surface area contributed by atoms with Crippen molar-refractivity contribution < 1.29 is 22.7 Å². The highest BCUT2D eigenvalue weighted by molar-refractivity contribution is 7.89. The molecule has 1 saturated heterocycles. The number of carbonyl (C=O) groups excluding carboxylic acids is 1. The van der Waals surface area contributed by atoms with E-state index in [9.17, 15) is 13.2 Å². The number of aryl methyl sites for hydroxylation is 1. The van der Waals surface area contributed by atoms with Crippen molar-refractivity contribution >= 4 is 33.4 Å². The van der Waals surface area contributed by atoms with Gasteiger partial charge < -0.3 is 18.8 Å². The monoisotopic (exact) mass is 478 g/mol. The second kappa shape index (κ2) is 8.70. The number of imidazole rings is 1. The van der Waals surface area contributed by atoms with Crippen LogP contribution >= 0.6 is 11.6 Å². The molecule has 1 aliphatic rings. The van der Waals surface area contributed by atoms with E-state index in [-0.39, 0.29) is 16.0 Å². The van der Waals surface area contributed by atoms with Crippen molar-refractivity contribution in [2.45, 2.75) is 24.3 Å². The first-order valence-corrected chi connectivity index (χ1v) is 11.8. The molecule has 3 heterocycles. The third-order valence-electron chi connectivity index (χ3n) is 5.40. The van der Waals surface area contributed by atoms with Gasteiger partial charge in [-0.2, -0.15) is 0 Å². The highest BCUT2D eigenvalue weighted by atomic mass is 35.5. The third-order valence-corrected chi connectivity index (χ3v) is 6.62. The van der Waals surface area contributed by atoms with Crippen molar-refractivity contribution in [3.8, 4) is 11.3 Å². The largest absolute Gasteiger partial charge is 0.453 e. The average molecular weight is 479 g/mol. The highest BCUT2D eigenvalue weighted by Gasteiger charge is 2.28. The Morgan fingerprint density at radius 3 is 2.81 bits per heavy atom. The number of carbonyl (C=O) groups is 1. The molecule has 1 amide bonds. The van der Waals surface area contributed by atoms with Gasteiger partial charge in [0.2, 0.25) is 10.0 Å². The lowest BCUT2D eigenvalue weighted by Crippen LogP contribution is -2.46. The van der Waals surface area contributed by atoms with Crippen molar-refractivity contribution in [2.24, 2.45) is 5.14 Å². The topological polar surface area (TPSA) is 116 Å². The number of pyridine rings is 1. The molecule has 9 nitrogen and oxygen atoms in total. The Kier molecular flexibility index (Phi) is 6.13. The smallest absolute Gasteiger partial charge is 0.409 e. The number of sulfonamides is 1. The van der Waals surface area contributed by atoms with Crippen molar-refractivity contribution in [3.05, 3.63) is 52.8 Å². The van der Waals surface area contributed by atoms with E-state index in [0.717, 1.165) is 16.9 Å². The zero-order valence-corrected chi connectivity index (χ0v) is 19.2. The zero-order chi connectivity index (χ0) is 23.0. The summed E-state index contributed by atoms with van der Waals surface area (Å²) in [7, 11) is -2.53. The quantitative estimate of drug-likeness (QED) is 0.616. The number of methoxy groups -OCH3 is 1. The molecule has 0 bridgehead atoms. The van der Waals surface area contributed by atoms with Crippen LogP contribution in [0.2, 0.25) is 5.02 Å². The Labute approximate surface area is 190 Å². The molecule has 0 unspecified atom stereocenters. The van der Waals surface area contributed by atoms with Crippen molar-refractivity contribution in [1.82, 2.24) is 14.3 Å². The molecule has 3 aromatic rings. The maximum Gasteiger partial charge on any atom is 0.409 e. The second-order valence-electron chi connectivity index (χ2n) is 7.64. The summed E-state index contributed by atoms with van der Waals surface area (Å²) in [6.07, 6.45) is 1.71. The van der Waals surface area contributed by atoms with E-state index in [0.29, 0.717) is 37.4 Å². The summed E-state index contributed by atoms with van der Waals surface area (Å²) in [4.78, 5) is 18.3. The van der Waals surface area contributed by atoms with Gasteiger partial charge in [-0.3, -0.25) is 0 Å². The van der Waals surface area contributed by atoms with Crippen molar-refractivity contribution in [1.29, 1.82) is 0 Å². The Hall–Kier alpha value is -2.66. The minimum Gasteiger partial charge on any atom is -0.453 e. The number of rotatable bonds is 4. The molecule has 32 heavy (non-hydrogen) atoms. The minimum atomic E-state index is -3.88. The number of nitrogens with two attached hydrogens (primary N) is 1. The summed E-state index contributed by atoms with van der Waals surface area (Å²) in [5.74, 6) is 0. The fourth-order valence-electron chi connectivity index (χ4n) is 3.83. The van der Waals surface area contributed by atoms with E-state index in [2.05, 4.69) is 0 Å². The molecule has 0 spiro atoms. The molecule has 4 rings (SSSR count). The Morgan fingerprint density at radius 2 is 2.12 bits per heavy atom. The molecule has 2 N–H and O–H groups in total. The van der Waals surface area contributed by atoms with E-state index < -0.39 is 16.1 Å². The predicted octanol–water partition coefficient (Wildman–Crippen LogP) is 2.62. The van der Waals surface area contributed by atoms with Gasteiger partial charge in [0.1, 0.15) is 5.65 Å². The van der Waals surface area contributed by atoms with Gasteiger partial charge in [0.15, 0.2) is 0 Å². The maximum absolute atomic E-state index is 12.0. The van der Waals surface area contributed by atoms with E-state index in [1.165, 1.54) is 19.2 Å². The number of fused-ring (bicyclic) bond motifs is 1. The van der Waals surface area contributed by atoms with E-state index in [4.69, 9.17) is 31.2 Å². The molecule has 11 heteroatoms. The van der Waals surface area contributed by atoms with Crippen LogP contribution in [0.25, 0.3) is 16.9 Å². The van der Waals surface area contributed by atoms with E-state index in [1.807, 2.05) is 29.7 Å². The van der Waals surface area contributed by atoms with Gasteiger partial charge in [-0.05, 0) is 42.8 Å².